The molecular weight excluding hydrogens is 410 g/mol. The van der Waals surface area contributed by atoms with Crippen LogP contribution in [0, 0.1) is 0 Å². The number of hydrogen-bond acceptors (Lipinski definition) is 6. The largest absolute Gasteiger partial charge is 0.497 e. The Balaban J connectivity index is 1.95. The molecule has 9 nitrogen and oxygen atoms in total. The zero-order chi connectivity index (χ0) is 21.7. The predicted octanol–water partition coefficient (Wildman–Crippen LogP) is 1.71. The normalized spacial score (nSPS) is 11.3. The highest BCUT2D eigenvalue weighted by Gasteiger charge is 2.18. The third kappa shape index (κ3) is 4.61. The van der Waals surface area contributed by atoms with Crippen LogP contribution >= 0.6 is 0 Å². The van der Waals surface area contributed by atoms with Gasteiger partial charge in [0.25, 0.3) is 15.9 Å². The monoisotopic (exact) mass is 431 g/mol. The first-order chi connectivity index (χ1) is 14.4. The second-order valence-electron chi connectivity index (χ2n) is 6.33. The molecule has 0 bridgehead atoms. The molecule has 3 rings (SSSR count). The molecule has 2 aromatic carbocycles. The summed E-state index contributed by atoms with van der Waals surface area (Å²) in [6.07, 6.45) is 1.30. The zero-order valence-corrected chi connectivity index (χ0v) is 17.2. The number of methoxy groups -OCH3 is 2. The number of anilines is 1. The highest BCUT2D eigenvalue weighted by Crippen LogP contribution is 2.22. The van der Waals surface area contributed by atoms with Crippen molar-refractivity contribution in [3.63, 3.8) is 0 Å². The van der Waals surface area contributed by atoms with Crippen LogP contribution in [-0.2, 0) is 14.8 Å². The summed E-state index contributed by atoms with van der Waals surface area (Å²) in [4.78, 5) is 27.8. The number of rotatable bonds is 8. The van der Waals surface area contributed by atoms with Crippen molar-refractivity contribution in [2.24, 2.45) is 0 Å². The van der Waals surface area contributed by atoms with Crippen molar-refractivity contribution in [1.29, 1.82) is 0 Å². The van der Waals surface area contributed by atoms with E-state index in [1.807, 2.05) is 0 Å². The summed E-state index contributed by atoms with van der Waals surface area (Å²) in [6, 6.07) is 10.5. The molecule has 30 heavy (non-hydrogen) atoms. The molecule has 1 aromatic heterocycles. The number of carbonyl (C=O) groups excluding carboxylic acids is 1. The van der Waals surface area contributed by atoms with Crippen LogP contribution in [-0.4, -0.2) is 46.7 Å². The molecule has 3 aromatic rings. The number of fused-ring (bicyclic) bond motifs is 1. The Morgan fingerprint density at radius 2 is 1.93 bits per heavy atom. The molecule has 0 aliphatic heterocycles. The van der Waals surface area contributed by atoms with Gasteiger partial charge in [-0.15, -0.1) is 0 Å². The van der Waals surface area contributed by atoms with Crippen molar-refractivity contribution < 1.29 is 22.7 Å². The van der Waals surface area contributed by atoms with Gasteiger partial charge in [-0.3, -0.25) is 14.3 Å². The topological polar surface area (TPSA) is 127 Å². The van der Waals surface area contributed by atoms with Crippen LogP contribution in [0.4, 0.5) is 5.69 Å². The maximum Gasteiger partial charge on any atom is 0.261 e. The molecule has 0 aliphatic rings. The third-order valence-electron chi connectivity index (χ3n) is 4.32. The van der Waals surface area contributed by atoms with Crippen LogP contribution in [0.1, 0.15) is 10.4 Å². The number of H-pyrrole nitrogens is 1. The van der Waals surface area contributed by atoms with Crippen molar-refractivity contribution in [3.05, 3.63) is 64.4 Å². The number of benzene rings is 2. The van der Waals surface area contributed by atoms with Gasteiger partial charge in [0.2, 0.25) is 5.43 Å². The molecule has 1 amide bonds. The smallest absolute Gasteiger partial charge is 0.261 e. The highest BCUT2D eigenvalue weighted by atomic mass is 32.2. The minimum atomic E-state index is -3.97. The van der Waals surface area contributed by atoms with Crippen LogP contribution in [0.15, 0.2) is 58.4 Å². The fraction of sp³-hybridized carbons (Fsp3) is 0.200. The number of ether oxygens (including phenoxy) is 2. The van der Waals surface area contributed by atoms with E-state index in [0.717, 1.165) is 0 Å². The van der Waals surface area contributed by atoms with E-state index in [1.165, 1.54) is 44.7 Å². The highest BCUT2D eigenvalue weighted by molar-refractivity contribution is 7.92. The van der Waals surface area contributed by atoms with Crippen LogP contribution in [0.3, 0.4) is 0 Å². The van der Waals surface area contributed by atoms with Gasteiger partial charge < -0.3 is 19.8 Å². The zero-order valence-electron chi connectivity index (χ0n) is 16.4. The van der Waals surface area contributed by atoms with Gasteiger partial charge in [-0.25, -0.2) is 8.42 Å². The summed E-state index contributed by atoms with van der Waals surface area (Å²) >= 11 is 0. The summed E-state index contributed by atoms with van der Waals surface area (Å²) in [5.41, 5.74) is 0.0365. The maximum atomic E-state index is 12.8. The average molecular weight is 431 g/mol. The number of amides is 1. The van der Waals surface area contributed by atoms with Gasteiger partial charge in [-0.1, -0.05) is 6.07 Å². The van der Waals surface area contributed by atoms with Crippen molar-refractivity contribution in [2.45, 2.75) is 4.90 Å². The molecular formula is C20H21N3O6S. The van der Waals surface area contributed by atoms with Gasteiger partial charge in [0, 0.05) is 36.8 Å². The number of nitrogens with one attached hydrogen (secondary N) is 3. The molecule has 0 saturated heterocycles. The number of pyridine rings is 1. The Labute approximate surface area is 173 Å². The van der Waals surface area contributed by atoms with Gasteiger partial charge in [0.15, 0.2) is 0 Å². The van der Waals surface area contributed by atoms with E-state index in [1.54, 1.807) is 18.2 Å². The quantitative estimate of drug-likeness (QED) is 0.466. The number of hydrogen-bond donors (Lipinski definition) is 3. The van der Waals surface area contributed by atoms with E-state index in [4.69, 9.17) is 9.47 Å². The Morgan fingerprint density at radius 3 is 2.67 bits per heavy atom. The standard InChI is InChI=1S/C20H21N3O6S/c1-28-9-8-21-20(25)17-12-22-18-7-6-15(11-16(18)19(17)24)30(26,27)23-13-4-3-5-14(10-13)29-2/h3-7,10-12,23H,8-9H2,1-2H3,(H,21,25)(H,22,24). The first-order valence-corrected chi connectivity index (χ1v) is 10.4. The Kier molecular flexibility index (Phi) is 6.38. The number of aromatic nitrogens is 1. The lowest BCUT2D eigenvalue weighted by Gasteiger charge is -2.10. The fourth-order valence-electron chi connectivity index (χ4n) is 2.80. The lowest BCUT2D eigenvalue weighted by atomic mass is 10.1. The lowest BCUT2D eigenvalue weighted by Crippen LogP contribution is -2.31. The fourth-order valence-corrected chi connectivity index (χ4v) is 3.87. The first kappa shape index (κ1) is 21.3. The number of aromatic amines is 1. The molecule has 158 valence electrons. The van der Waals surface area contributed by atoms with E-state index >= 15 is 0 Å². The minimum Gasteiger partial charge on any atom is -0.497 e. The number of sulfonamides is 1. The summed E-state index contributed by atoms with van der Waals surface area (Å²) in [6.45, 7) is 0.543. The van der Waals surface area contributed by atoms with Crippen molar-refractivity contribution in [1.82, 2.24) is 10.3 Å². The van der Waals surface area contributed by atoms with Crippen molar-refractivity contribution in [3.8, 4) is 5.75 Å². The molecule has 0 radical (unpaired) electrons. The minimum absolute atomic E-state index is 0.0860. The Hall–Kier alpha value is -3.37. The molecule has 3 N–H and O–H groups in total. The van der Waals surface area contributed by atoms with Crippen LogP contribution in [0.25, 0.3) is 10.9 Å². The van der Waals surface area contributed by atoms with Crippen LogP contribution in [0.5, 0.6) is 5.75 Å². The van der Waals surface area contributed by atoms with E-state index in [2.05, 4.69) is 15.0 Å². The van der Waals surface area contributed by atoms with Crippen LogP contribution < -0.4 is 20.2 Å². The van der Waals surface area contributed by atoms with Crippen LogP contribution in [0.2, 0.25) is 0 Å². The van der Waals surface area contributed by atoms with Crippen molar-refractivity contribution >= 4 is 32.5 Å². The first-order valence-electron chi connectivity index (χ1n) is 8.95. The van der Waals surface area contributed by atoms with E-state index in [0.29, 0.717) is 23.6 Å². The molecule has 0 unspecified atom stereocenters. The lowest BCUT2D eigenvalue weighted by molar-refractivity contribution is 0.0936. The van der Waals surface area contributed by atoms with Gasteiger partial charge in [-0.05, 0) is 30.3 Å². The van der Waals surface area contributed by atoms with E-state index in [-0.39, 0.29) is 22.4 Å². The summed E-state index contributed by atoms with van der Waals surface area (Å²) in [7, 11) is -0.998. The van der Waals surface area contributed by atoms with Gasteiger partial charge >= 0.3 is 0 Å². The van der Waals surface area contributed by atoms with Crippen molar-refractivity contribution in [2.75, 3.05) is 32.1 Å². The van der Waals surface area contributed by atoms with Gasteiger partial charge in [0.05, 0.1) is 24.3 Å². The third-order valence-corrected chi connectivity index (χ3v) is 5.70. The Morgan fingerprint density at radius 1 is 1.13 bits per heavy atom. The summed E-state index contributed by atoms with van der Waals surface area (Å²) in [5, 5.41) is 2.65. The molecule has 10 heteroatoms. The van der Waals surface area contributed by atoms with E-state index < -0.39 is 21.4 Å². The molecule has 0 atom stereocenters. The van der Waals surface area contributed by atoms with E-state index in [9.17, 15) is 18.0 Å². The second-order valence-corrected chi connectivity index (χ2v) is 8.01. The van der Waals surface area contributed by atoms with Gasteiger partial charge in [0.1, 0.15) is 11.3 Å². The molecule has 0 fully saturated rings. The second kappa shape index (κ2) is 8.97. The summed E-state index contributed by atoms with van der Waals surface area (Å²) in [5.74, 6) is -0.0766. The SMILES string of the molecule is COCCNC(=O)c1c[nH]c2ccc(S(=O)(=O)Nc3cccc(OC)c3)cc2c1=O. The molecule has 0 aliphatic carbocycles. The molecule has 1 heterocycles. The predicted molar refractivity (Wildman–Crippen MR) is 113 cm³/mol. The Bertz CT molecular complexity index is 1240. The molecule has 0 spiro atoms. The van der Waals surface area contributed by atoms with Gasteiger partial charge in [-0.2, -0.15) is 0 Å². The number of carbonyl (C=O) groups is 1. The molecule has 0 saturated carbocycles. The average Bonchev–Trinajstić information content (AvgIpc) is 2.73. The maximum absolute atomic E-state index is 12.8. The summed E-state index contributed by atoms with van der Waals surface area (Å²) < 4.78 is 38.0.